The molecule has 0 saturated carbocycles. The van der Waals surface area contributed by atoms with Gasteiger partial charge < -0.3 is 4.74 Å². The molecule has 1 nitrogen and oxygen atoms in total. The molecule has 0 bridgehead atoms. The highest BCUT2D eigenvalue weighted by Crippen LogP contribution is 2.31. The van der Waals surface area contributed by atoms with Crippen molar-refractivity contribution in [2.75, 3.05) is 6.61 Å². The van der Waals surface area contributed by atoms with Gasteiger partial charge in [-0.25, -0.2) is 0 Å². The van der Waals surface area contributed by atoms with Gasteiger partial charge in [0, 0.05) is 0 Å². The van der Waals surface area contributed by atoms with Crippen LogP contribution in [0.2, 0.25) is 0 Å². The third kappa shape index (κ3) is 7.90. The number of benzene rings is 1. The molecule has 1 aromatic carbocycles. The highest BCUT2D eigenvalue weighted by molar-refractivity contribution is 5.13. The van der Waals surface area contributed by atoms with Gasteiger partial charge in [-0.05, 0) is 18.4 Å². The maximum absolute atomic E-state index is 12.8. The van der Waals surface area contributed by atoms with Crippen LogP contribution in [0.1, 0.15) is 38.2 Å². The van der Waals surface area contributed by atoms with Gasteiger partial charge in [-0.3, -0.25) is 0 Å². The number of allylic oxidation sites excluding steroid dienone is 1. The lowest BCUT2D eigenvalue weighted by molar-refractivity contribution is -0.162. The van der Waals surface area contributed by atoms with Crippen LogP contribution >= 0.6 is 0 Å². The molecule has 0 aliphatic rings. The molecule has 0 amide bonds. The molecule has 0 spiro atoms. The lowest BCUT2D eigenvalue weighted by atomic mass is 10.0. The quantitative estimate of drug-likeness (QED) is 0.431. The predicted molar refractivity (Wildman–Crippen MR) is 78.9 cm³/mol. The SMILES string of the molecule is CCCC[C@@H](/C=C/CCOCc1ccccc1)C(F)(F)F. The Morgan fingerprint density at radius 1 is 1.19 bits per heavy atom. The Kier molecular flexibility index (Phi) is 8.13. The van der Waals surface area contributed by atoms with E-state index in [9.17, 15) is 13.2 Å². The molecule has 0 aromatic heterocycles. The molecule has 0 unspecified atom stereocenters. The summed E-state index contributed by atoms with van der Waals surface area (Å²) in [6, 6.07) is 9.71. The van der Waals surface area contributed by atoms with Gasteiger partial charge in [0.05, 0.1) is 19.1 Å². The molecule has 0 aliphatic heterocycles. The minimum Gasteiger partial charge on any atom is -0.376 e. The fourth-order valence-corrected chi connectivity index (χ4v) is 1.97. The topological polar surface area (TPSA) is 9.23 Å². The zero-order valence-corrected chi connectivity index (χ0v) is 12.4. The fourth-order valence-electron chi connectivity index (χ4n) is 1.97. The van der Waals surface area contributed by atoms with E-state index in [0.29, 0.717) is 26.1 Å². The summed E-state index contributed by atoms with van der Waals surface area (Å²) in [5.41, 5.74) is 1.07. The highest BCUT2D eigenvalue weighted by atomic mass is 19.4. The number of hydrogen-bond donors (Lipinski definition) is 0. The van der Waals surface area contributed by atoms with Crippen molar-refractivity contribution in [3.05, 3.63) is 48.0 Å². The van der Waals surface area contributed by atoms with Crippen molar-refractivity contribution in [3.63, 3.8) is 0 Å². The highest BCUT2D eigenvalue weighted by Gasteiger charge is 2.36. The summed E-state index contributed by atoms with van der Waals surface area (Å²) < 4.78 is 43.7. The van der Waals surface area contributed by atoms with E-state index in [4.69, 9.17) is 4.74 Å². The first-order chi connectivity index (χ1) is 10.0. The molecule has 0 radical (unpaired) electrons. The lowest BCUT2D eigenvalue weighted by Gasteiger charge is -2.16. The van der Waals surface area contributed by atoms with Crippen molar-refractivity contribution in [2.45, 2.75) is 45.4 Å². The van der Waals surface area contributed by atoms with E-state index < -0.39 is 12.1 Å². The minimum atomic E-state index is -4.14. The van der Waals surface area contributed by atoms with Crippen LogP contribution < -0.4 is 0 Å². The number of alkyl halides is 3. The average molecular weight is 300 g/mol. The third-order valence-corrected chi connectivity index (χ3v) is 3.20. The molecule has 0 aliphatic carbocycles. The van der Waals surface area contributed by atoms with Crippen LogP contribution in [0.3, 0.4) is 0 Å². The van der Waals surface area contributed by atoms with Crippen LogP contribution in [0.15, 0.2) is 42.5 Å². The molecule has 0 N–H and O–H groups in total. The van der Waals surface area contributed by atoms with E-state index in [2.05, 4.69) is 0 Å². The van der Waals surface area contributed by atoms with Crippen molar-refractivity contribution < 1.29 is 17.9 Å². The standard InChI is InChI=1S/C17H23F3O/c1-2-3-11-16(17(18,19)20)12-7-8-13-21-14-15-9-5-4-6-10-15/h4-7,9-10,12,16H,2-3,8,11,13-14H2,1H3/b12-7+/t16-/m0/s1. The Morgan fingerprint density at radius 2 is 1.90 bits per heavy atom. The number of halogens is 3. The largest absolute Gasteiger partial charge is 0.395 e. The second-order valence-corrected chi connectivity index (χ2v) is 5.05. The number of unbranched alkanes of at least 4 members (excludes halogenated alkanes) is 1. The van der Waals surface area contributed by atoms with Crippen LogP contribution in [-0.2, 0) is 11.3 Å². The smallest absolute Gasteiger partial charge is 0.376 e. The molecule has 1 atom stereocenters. The second-order valence-electron chi connectivity index (χ2n) is 5.05. The summed E-state index contributed by atoms with van der Waals surface area (Å²) in [6.45, 7) is 2.82. The Hall–Kier alpha value is -1.29. The third-order valence-electron chi connectivity index (χ3n) is 3.20. The van der Waals surface area contributed by atoms with Gasteiger partial charge in [0.1, 0.15) is 0 Å². The Balaban J connectivity index is 2.25. The maximum atomic E-state index is 12.8. The van der Waals surface area contributed by atoms with Gasteiger partial charge in [0.2, 0.25) is 0 Å². The van der Waals surface area contributed by atoms with Crippen molar-refractivity contribution in [3.8, 4) is 0 Å². The van der Waals surface area contributed by atoms with E-state index in [-0.39, 0.29) is 6.42 Å². The molecule has 21 heavy (non-hydrogen) atoms. The summed E-state index contributed by atoms with van der Waals surface area (Å²) in [4.78, 5) is 0. The number of hydrogen-bond acceptors (Lipinski definition) is 1. The first-order valence-electron chi connectivity index (χ1n) is 7.39. The van der Waals surface area contributed by atoms with E-state index in [0.717, 1.165) is 12.0 Å². The lowest BCUT2D eigenvalue weighted by Crippen LogP contribution is -2.20. The van der Waals surface area contributed by atoms with Gasteiger partial charge in [0.25, 0.3) is 0 Å². The molecule has 118 valence electrons. The average Bonchev–Trinajstić information content (AvgIpc) is 2.45. The summed E-state index contributed by atoms with van der Waals surface area (Å²) in [5.74, 6) is -1.33. The molecular formula is C17H23F3O. The molecular weight excluding hydrogens is 277 g/mol. The van der Waals surface area contributed by atoms with E-state index in [1.165, 1.54) is 6.08 Å². The Morgan fingerprint density at radius 3 is 2.52 bits per heavy atom. The number of rotatable bonds is 9. The summed E-state index contributed by atoms with van der Waals surface area (Å²) in [7, 11) is 0. The van der Waals surface area contributed by atoms with Crippen molar-refractivity contribution in [2.24, 2.45) is 5.92 Å². The van der Waals surface area contributed by atoms with Crippen LogP contribution in [0, 0.1) is 5.92 Å². The molecule has 1 aromatic rings. The summed E-state index contributed by atoms with van der Waals surface area (Å²) in [5, 5.41) is 0. The summed E-state index contributed by atoms with van der Waals surface area (Å²) >= 11 is 0. The fraction of sp³-hybridized carbons (Fsp3) is 0.529. The first-order valence-corrected chi connectivity index (χ1v) is 7.39. The van der Waals surface area contributed by atoms with Crippen LogP contribution in [0.25, 0.3) is 0 Å². The van der Waals surface area contributed by atoms with E-state index >= 15 is 0 Å². The van der Waals surface area contributed by atoms with Crippen molar-refractivity contribution in [1.29, 1.82) is 0 Å². The van der Waals surface area contributed by atoms with Gasteiger partial charge >= 0.3 is 6.18 Å². The summed E-state index contributed by atoms with van der Waals surface area (Å²) in [6.07, 6.45) is 0.767. The molecule has 0 fully saturated rings. The van der Waals surface area contributed by atoms with E-state index in [1.54, 1.807) is 6.08 Å². The van der Waals surface area contributed by atoms with Crippen LogP contribution in [0.5, 0.6) is 0 Å². The Bertz CT molecular complexity index is 398. The monoisotopic (exact) mass is 300 g/mol. The predicted octanol–water partition coefficient (Wildman–Crippen LogP) is 5.52. The second kappa shape index (κ2) is 9.61. The number of ether oxygens (including phenoxy) is 1. The van der Waals surface area contributed by atoms with E-state index in [1.807, 2.05) is 37.3 Å². The van der Waals surface area contributed by atoms with Gasteiger partial charge in [-0.1, -0.05) is 62.2 Å². The van der Waals surface area contributed by atoms with Crippen molar-refractivity contribution >= 4 is 0 Å². The maximum Gasteiger partial charge on any atom is 0.395 e. The molecule has 0 saturated heterocycles. The minimum absolute atomic E-state index is 0.168. The molecule has 0 heterocycles. The zero-order valence-electron chi connectivity index (χ0n) is 12.4. The first kappa shape index (κ1) is 17.8. The van der Waals surface area contributed by atoms with Gasteiger partial charge in [-0.2, -0.15) is 13.2 Å². The normalized spacial score (nSPS) is 13.7. The molecule has 4 heteroatoms. The van der Waals surface area contributed by atoms with Crippen LogP contribution in [0.4, 0.5) is 13.2 Å². The van der Waals surface area contributed by atoms with Crippen LogP contribution in [-0.4, -0.2) is 12.8 Å². The van der Waals surface area contributed by atoms with Gasteiger partial charge in [-0.15, -0.1) is 0 Å². The van der Waals surface area contributed by atoms with Gasteiger partial charge in [0.15, 0.2) is 0 Å². The van der Waals surface area contributed by atoms with Crippen molar-refractivity contribution in [1.82, 2.24) is 0 Å². The molecule has 1 rings (SSSR count). The Labute approximate surface area is 124 Å². The zero-order chi connectivity index (χ0) is 15.6.